The van der Waals surface area contributed by atoms with Gasteiger partial charge in [0.15, 0.2) is 0 Å². The second-order valence-corrected chi connectivity index (χ2v) is 3.76. The molecule has 1 rings (SSSR count). The SMILES string of the molecule is CCCCCC[C]C=Cc1ccccc1. The van der Waals surface area contributed by atoms with E-state index in [0.717, 1.165) is 6.42 Å². The monoisotopic (exact) mass is 200 g/mol. The van der Waals surface area contributed by atoms with Crippen molar-refractivity contribution < 1.29 is 0 Å². The predicted octanol–water partition coefficient (Wildman–Crippen LogP) is 4.75. The van der Waals surface area contributed by atoms with E-state index in [0.29, 0.717) is 0 Å². The van der Waals surface area contributed by atoms with Crippen LogP contribution in [0.2, 0.25) is 0 Å². The second kappa shape index (κ2) is 8.28. The number of benzene rings is 1. The van der Waals surface area contributed by atoms with Gasteiger partial charge in [-0.05, 0) is 12.0 Å². The highest BCUT2D eigenvalue weighted by atomic mass is 13.9. The van der Waals surface area contributed by atoms with Crippen LogP contribution in [-0.4, -0.2) is 0 Å². The molecule has 0 aliphatic carbocycles. The van der Waals surface area contributed by atoms with Crippen molar-refractivity contribution in [1.29, 1.82) is 0 Å². The second-order valence-electron chi connectivity index (χ2n) is 3.76. The maximum Gasteiger partial charge on any atom is 0.00844 e. The molecule has 80 valence electrons. The van der Waals surface area contributed by atoms with Crippen LogP contribution in [0.5, 0.6) is 0 Å². The quantitative estimate of drug-likeness (QED) is 0.557. The predicted molar refractivity (Wildman–Crippen MR) is 67.5 cm³/mol. The molecule has 0 aliphatic rings. The smallest absolute Gasteiger partial charge is 0.00844 e. The van der Waals surface area contributed by atoms with Crippen molar-refractivity contribution in [3.63, 3.8) is 0 Å². The Balaban J connectivity index is 2.07. The van der Waals surface area contributed by atoms with Crippen molar-refractivity contribution in [2.45, 2.75) is 39.0 Å². The van der Waals surface area contributed by atoms with Gasteiger partial charge in [-0.1, -0.05) is 75.1 Å². The lowest BCUT2D eigenvalue weighted by Gasteiger charge is -1.95. The molecule has 2 radical (unpaired) electrons. The first-order valence-electron chi connectivity index (χ1n) is 5.88. The third kappa shape index (κ3) is 6.11. The molecule has 0 heterocycles. The molecular formula is C15H20. The summed E-state index contributed by atoms with van der Waals surface area (Å²) in [4.78, 5) is 0. The minimum absolute atomic E-state index is 1.09. The van der Waals surface area contributed by atoms with E-state index in [4.69, 9.17) is 0 Å². The summed E-state index contributed by atoms with van der Waals surface area (Å²) in [5, 5.41) is 0. The summed E-state index contributed by atoms with van der Waals surface area (Å²) in [7, 11) is 0. The van der Waals surface area contributed by atoms with E-state index < -0.39 is 0 Å². The third-order valence-electron chi connectivity index (χ3n) is 2.37. The standard InChI is InChI=1S/C15H20/c1-2-3-4-5-6-7-9-12-15-13-10-8-11-14-15/h8-14H,2-6H2,1H3. The highest BCUT2D eigenvalue weighted by Gasteiger charge is 1.87. The molecule has 0 unspecified atom stereocenters. The lowest BCUT2D eigenvalue weighted by atomic mass is 10.1. The van der Waals surface area contributed by atoms with Crippen LogP contribution in [-0.2, 0) is 0 Å². The Morgan fingerprint density at radius 2 is 1.87 bits per heavy atom. The summed E-state index contributed by atoms with van der Waals surface area (Å²) in [5.74, 6) is 0. The van der Waals surface area contributed by atoms with Crippen molar-refractivity contribution in [3.05, 3.63) is 48.4 Å². The first-order chi connectivity index (χ1) is 7.43. The third-order valence-corrected chi connectivity index (χ3v) is 2.37. The fourth-order valence-corrected chi connectivity index (χ4v) is 1.46. The summed E-state index contributed by atoms with van der Waals surface area (Å²) in [5.41, 5.74) is 1.25. The van der Waals surface area contributed by atoms with Crippen LogP contribution in [0.1, 0.15) is 44.6 Å². The highest BCUT2D eigenvalue weighted by molar-refractivity contribution is 5.49. The van der Waals surface area contributed by atoms with Crippen molar-refractivity contribution in [2.75, 3.05) is 0 Å². The summed E-state index contributed by atoms with van der Waals surface area (Å²) in [6.07, 6.45) is 13.8. The molecule has 1 aromatic carbocycles. The first-order valence-corrected chi connectivity index (χ1v) is 5.88. The van der Waals surface area contributed by atoms with E-state index >= 15 is 0 Å². The summed E-state index contributed by atoms with van der Waals surface area (Å²) < 4.78 is 0. The fourth-order valence-electron chi connectivity index (χ4n) is 1.46. The average Bonchev–Trinajstić information content (AvgIpc) is 2.29. The Morgan fingerprint density at radius 3 is 2.60 bits per heavy atom. The summed E-state index contributed by atoms with van der Waals surface area (Å²) in [6, 6.07) is 10.4. The van der Waals surface area contributed by atoms with Crippen LogP contribution in [0.15, 0.2) is 36.4 Å². The van der Waals surface area contributed by atoms with Crippen molar-refractivity contribution >= 4 is 6.08 Å². The zero-order valence-electron chi connectivity index (χ0n) is 9.58. The molecule has 1 aromatic rings. The minimum Gasteiger partial charge on any atom is -0.0759 e. The number of allylic oxidation sites excluding steroid dienone is 1. The van der Waals surface area contributed by atoms with Gasteiger partial charge in [-0.2, -0.15) is 0 Å². The maximum absolute atomic E-state index is 3.31. The molecule has 0 saturated heterocycles. The van der Waals surface area contributed by atoms with E-state index in [1.54, 1.807) is 0 Å². The van der Waals surface area contributed by atoms with E-state index in [1.165, 1.54) is 31.2 Å². The van der Waals surface area contributed by atoms with Crippen LogP contribution >= 0.6 is 0 Å². The largest absolute Gasteiger partial charge is 0.0759 e. The van der Waals surface area contributed by atoms with Crippen molar-refractivity contribution in [1.82, 2.24) is 0 Å². The van der Waals surface area contributed by atoms with Gasteiger partial charge in [-0.3, -0.25) is 0 Å². The zero-order valence-corrected chi connectivity index (χ0v) is 9.58. The minimum atomic E-state index is 1.09. The zero-order chi connectivity index (χ0) is 10.8. The Morgan fingerprint density at radius 1 is 1.07 bits per heavy atom. The van der Waals surface area contributed by atoms with Crippen LogP contribution in [0, 0.1) is 6.42 Å². The Hall–Kier alpha value is -1.04. The van der Waals surface area contributed by atoms with Gasteiger partial charge >= 0.3 is 0 Å². The van der Waals surface area contributed by atoms with Crippen LogP contribution in [0.4, 0.5) is 0 Å². The number of hydrogen-bond acceptors (Lipinski definition) is 0. The molecule has 15 heavy (non-hydrogen) atoms. The van der Waals surface area contributed by atoms with Crippen LogP contribution < -0.4 is 0 Å². The Bertz CT molecular complexity index is 259. The highest BCUT2D eigenvalue weighted by Crippen LogP contribution is 2.06. The number of hydrogen-bond donors (Lipinski definition) is 0. The lowest BCUT2D eigenvalue weighted by molar-refractivity contribution is 0.667. The van der Waals surface area contributed by atoms with E-state index in [1.807, 2.05) is 12.1 Å². The molecular weight excluding hydrogens is 180 g/mol. The van der Waals surface area contributed by atoms with E-state index in [2.05, 4.69) is 43.7 Å². The van der Waals surface area contributed by atoms with E-state index in [-0.39, 0.29) is 0 Å². The van der Waals surface area contributed by atoms with Gasteiger partial charge in [0, 0.05) is 6.42 Å². The molecule has 0 N–H and O–H groups in total. The normalized spacial score (nSPS) is 11.0. The topological polar surface area (TPSA) is 0 Å². The van der Waals surface area contributed by atoms with Gasteiger partial charge in [-0.25, -0.2) is 0 Å². The van der Waals surface area contributed by atoms with Crippen LogP contribution in [0.3, 0.4) is 0 Å². The molecule has 0 aliphatic heterocycles. The maximum atomic E-state index is 3.31. The molecule has 0 heteroatoms. The van der Waals surface area contributed by atoms with Gasteiger partial charge in [0.25, 0.3) is 0 Å². The lowest BCUT2D eigenvalue weighted by Crippen LogP contribution is -1.76. The van der Waals surface area contributed by atoms with Gasteiger partial charge < -0.3 is 0 Å². The molecule has 0 nitrogen and oxygen atoms in total. The van der Waals surface area contributed by atoms with Gasteiger partial charge in [0.1, 0.15) is 0 Å². The Kier molecular flexibility index (Phi) is 6.64. The number of unbranched alkanes of at least 4 members (excludes halogenated alkanes) is 5. The van der Waals surface area contributed by atoms with Gasteiger partial charge in [0.2, 0.25) is 0 Å². The van der Waals surface area contributed by atoms with Crippen LogP contribution in [0.25, 0.3) is 6.08 Å². The molecule has 0 atom stereocenters. The fraction of sp³-hybridized carbons (Fsp3) is 0.400. The summed E-state index contributed by atoms with van der Waals surface area (Å²) >= 11 is 0. The summed E-state index contributed by atoms with van der Waals surface area (Å²) in [6.45, 7) is 2.24. The van der Waals surface area contributed by atoms with Gasteiger partial charge in [-0.15, -0.1) is 0 Å². The Labute approximate surface area is 94.0 Å². The molecule has 0 amide bonds. The van der Waals surface area contributed by atoms with Crippen molar-refractivity contribution in [2.24, 2.45) is 0 Å². The molecule has 0 saturated carbocycles. The molecule has 0 fully saturated rings. The van der Waals surface area contributed by atoms with Gasteiger partial charge in [0.05, 0.1) is 0 Å². The number of rotatable bonds is 7. The first kappa shape index (κ1) is 12.0. The molecule has 0 aromatic heterocycles. The van der Waals surface area contributed by atoms with Crippen molar-refractivity contribution in [3.8, 4) is 0 Å². The average molecular weight is 200 g/mol. The van der Waals surface area contributed by atoms with E-state index in [9.17, 15) is 0 Å². The molecule has 0 bridgehead atoms. The molecule has 0 spiro atoms.